The molecule has 0 unspecified atom stereocenters. The molecule has 5 rings (SSSR count). The molecule has 184 valence electrons. The number of hydrogen-bond donors (Lipinski definition) is 2. The van der Waals surface area contributed by atoms with Gasteiger partial charge in [-0.1, -0.05) is 48.5 Å². The average Bonchev–Trinajstić information content (AvgIpc) is 3.45. The lowest BCUT2D eigenvalue weighted by atomic mass is 9.97. The Kier molecular flexibility index (Phi) is 6.72. The molecular weight excluding hydrogens is 448 g/mol. The van der Waals surface area contributed by atoms with Gasteiger partial charge in [-0.25, -0.2) is 4.79 Å². The van der Waals surface area contributed by atoms with E-state index in [0.29, 0.717) is 26.0 Å². The normalized spacial score (nSPS) is 23.4. The molecule has 8 heteroatoms. The molecule has 1 aliphatic carbocycles. The molecule has 0 aromatic heterocycles. The predicted octanol–water partition coefficient (Wildman–Crippen LogP) is 3.54. The zero-order valence-corrected chi connectivity index (χ0v) is 19.5. The van der Waals surface area contributed by atoms with Crippen LogP contribution in [0.25, 0.3) is 11.1 Å². The van der Waals surface area contributed by atoms with E-state index < -0.39 is 24.2 Å². The SMILES string of the molecule is O=C(O)C[C@@H]1CCCCN1C(=O)[C@H]1OCC[C@H]1NC(=O)OCC1c2ccccc2-c2ccccc21. The van der Waals surface area contributed by atoms with Gasteiger partial charge in [-0.15, -0.1) is 0 Å². The van der Waals surface area contributed by atoms with E-state index in [-0.39, 0.29) is 30.9 Å². The van der Waals surface area contributed by atoms with Crippen LogP contribution in [-0.4, -0.2) is 65.9 Å². The number of carboxylic acid groups (broad SMARTS) is 1. The van der Waals surface area contributed by atoms with Crippen LogP contribution in [0.2, 0.25) is 0 Å². The van der Waals surface area contributed by atoms with E-state index >= 15 is 0 Å². The number of ether oxygens (including phenoxy) is 2. The first-order valence-corrected chi connectivity index (χ1v) is 12.3. The first-order chi connectivity index (χ1) is 17.0. The Morgan fingerprint density at radius 2 is 1.69 bits per heavy atom. The molecule has 3 aliphatic rings. The third-order valence-corrected chi connectivity index (χ3v) is 7.30. The second-order valence-electron chi connectivity index (χ2n) is 9.44. The average molecular weight is 479 g/mol. The van der Waals surface area contributed by atoms with Crippen LogP contribution in [0.5, 0.6) is 0 Å². The summed E-state index contributed by atoms with van der Waals surface area (Å²) in [6.45, 7) is 1.05. The molecule has 2 aliphatic heterocycles. The fourth-order valence-electron chi connectivity index (χ4n) is 5.64. The number of carbonyl (C=O) groups excluding carboxylic acids is 2. The second-order valence-corrected chi connectivity index (χ2v) is 9.44. The number of piperidine rings is 1. The summed E-state index contributed by atoms with van der Waals surface area (Å²) in [7, 11) is 0. The monoisotopic (exact) mass is 478 g/mol. The van der Waals surface area contributed by atoms with Gasteiger partial charge in [0, 0.05) is 25.1 Å². The van der Waals surface area contributed by atoms with Crippen LogP contribution in [0, 0.1) is 0 Å². The van der Waals surface area contributed by atoms with Gasteiger partial charge in [0.1, 0.15) is 6.61 Å². The molecule has 0 bridgehead atoms. The van der Waals surface area contributed by atoms with Gasteiger partial charge in [-0.3, -0.25) is 9.59 Å². The maximum atomic E-state index is 13.2. The topological polar surface area (TPSA) is 105 Å². The van der Waals surface area contributed by atoms with Crippen LogP contribution < -0.4 is 5.32 Å². The fourth-order valence-corrected chi connectivity index (χ4v) is 5.64. The van der Waals surface area contributed by atoms with Crippen LogP contribution in [0.4, 0.5) is 4.79 Å². The van der Waals surface area contributed by atoms with Crippen molar-refractivity contribution < 1.29 is 29.0 Å². The summed E-state index contributed by atoms with van der Waals surface area (Å²) < 4.78 is 11.3. The van der Waals surface area contributed by atoms with Crippen molar-refractivity contribution in [2.75, 3.05) is 19.8 Å². The maximum Gasteiger partial charge on any atom is 0.407 e. The molecule has 2 N–H and O–H groups in total. The molecule has 2 saturated heterocycles. The van der Waals surface area contributed by atoms with Crippen molar-refractivity contribution >= 4 is 18.0 Å². The van der Waals surface area contributed by atoms with E-state index in [1.165, 1.54) is 0 Å². The smallest absolute Gasteiger partial charge is 0.407 e. The van der Waals surface area contributed by atoms with Gasteiger partial charge < -0.3 is 24.8 Å². The maximum absolute atomic E-state index is 13.2. The largest absolute Gasteiger partial charge is 0.481 e. The predicted molar refractivity (Wildman–Crippen MR) is 128 cm³/mol. The molecule has 0 radical (unpaired) electrons. The summed E-state index contributed by atoms with van der Waals surface area (Å²) in [4.78, 5) is 38.9. The number of hydrogen-bond acceptors (Lipinski definition) is 5. The van der Waals surface area contributed by atoms with Gasteiger partial charge >= 0.3 is 12.1 Å². The molecule has 2 aromatic rings. The Balaban J connectivity index is 1.22. The van der Waals surface area contributed by atoms with Crippen molar-refractivity contribution in [2.45, 2.75) is 56.2 Å². The van der Waals surface area contributed by atoms with Crippen molar-refractivity contribution in [3.63, 3.8) is 0 Å². The Hall–Kier alpha value is -3.39. The van der Waals surface area contributed by atoms with E-state index in [2.05, 4.69) is 29.6 Å². The molecule has 8 nitrogen and oxygen atoms in total. The van der Waals surface area contributed by atoms with E-state index in [1.807, 2.05) is 24.3 Å². The quantitative estimate of drug-likeness (QED) is 0.658. The molecule has 2 aromatic carbocycles. The third-order valence-electron chi connectivity index (χ3n) is 7.30. The summed E-state index contributed by atoms with van der Waals surface area (Å²) in [5, 5.41) is 12.1. The first-order valence-electron chi connectivity index (χ1n) is 12.3. The van der Waals surface area contributed by atoms with Crippen LogP contribution in [0.3, 0.4) is 0 Å². The number of nitrogens with zero attached hydrogens (tertiary/aromatic N) is 1. The number of alkyl carbamates (subject to hydrolysis) is 1. The Bertz CT molecular complexity index is 1070. The number of nitrogens with one attached hydrogen (secondary N) is 1. The lowest BCUT2D eigenvalue weighted by molar-refractivity contribution is -0.148. The number of amides is 2. The third kappa shape index (κ3) is 4.75. The molecular formula is C27H30N2O6. The number of carbonyl (C=O) groups is 3. The number of rotatable bonds is 6. The van der Waals surface area contributed by atoms with Crippen molar-refractivity contribution in [1.29, 1.82) is 0 Å². The molecule has 3 atom stereocenters. The Labute approximate surface area is 204 Å². The Morgan fingerprint density at radius 1 is 1.00 bits per heavy atom. The zero-order chi connectivity index (χ0) is 24.4. The summed E-state index contributed by atoms with van der Waals surface area (Å²) in [5.74, 6) is -1.22. The number of benzene rings is 2. The number of aliphatic carboxylic acids is 1. The molecule has 35 heavy (non-hydrogen) atoms. The van der Waals surface area contributed by atoms with Crippen molar-refractivity contribution in [3.05, 3.63) is 59.7 Å². The fraction of sp³-hybridized carbons (Fsp3) is 0.444. The molecule has 2 amide bonds. The summed E-state index contributed by atoms with van der Waals surface area (Å²) in [5.41, 5.74) is 4.58. The minimum atomic E-state index is -0.921. The van der Waals surface area contributed by atoms with E-state index in [4.69, 9.17) is 9.47 Å². The Morgan fingerprint density at radius 3 is 2.37 bits per heavy atom. The highest BCUT2D eigenvalue weighted by Gasteiger charge is 2.41. The minimum Gasteiger partial charge on any atom is -0.481 e. The first kappa shape index (κ1) is 23.4. The number of carboxylic acids is 1. The lowest BCUT2D eigenvalue weighted by Crippen LogP contribution is -2.54. The van der Waals surface area contributed by atoms with Gasteiger partial charge in [0.05, 0.1) is 12.5 Å². The second kappa shape index (κ2) is 10.1. The molecule has 2 fully saturated rings. The zero-order valence-electron chi connectivity index (χ0n) is 19.5. The van der Waals surface area contributed by atoms with Gasteiger partial charge in [0.2, 0.25) is 0 Å². The van der Waals surface area contributed by atoms with Crippen LogP contribution in [0.1, 0.15) is 49.1 Å². The van der Waals surface area contributed by atoms with E-state index in [9.17, 15) is 19.5 Å². The highest BCUT2D eigenvalue weighted by molar-refractivity contribution is 5.84. The molecule has 2 heterocycles. The number of fused-ring (bicyclic) bond motifs is 3. The minimum absolute atomic E-state index is 0.0458. The van der Waals surface area contributed by atoms with Gasteiger partial charge in [0.25, 0.3) is 5.91 Å². The van der Waals surface area contributed by atoms with Crippen molar-refractivity contribution in [1.82, 2.24) is 10.2 Å². The van der Waals surface area contributed by atoms with Crippen LogP contribution >= 0.6 is 0 Å². The lowest BCUT2D eigenvalue weighted by Gasteiger charge is -2.37. The summed E-state index contributed by atoms with van der Waals surface area (Å²) in [6, 6.07) is 15.4. The highest BCUT2D eigenvalue weighted by atomic mass is 16.6. The molecule has 0 spiro atoms. The van der Waals surface area contributed by atoms with Crippen LogP contribution in [0.15, 0.2) is 48.5 Å². The van der Waals surface area contributed by atoms with E-state index in [1.54, 1.807) is 4.90 Å². The summed E-state index contributed by atoms with van der Waals surface area (Å²) in [6.07, 6.45) is 1.40. The van der Waals surface area contributed by atoms with Gasteiger partial charge in [-0.2, -0.15) is 0 Å². The van der Waals surface area contributed by atoms with Gasteiger partial charge in [-0.05, 0) is 47.9 Å². The van der Waals surface area contributed by atoms with E-state index in [0.717, 1.165) is 35.1 Å². The van der Waals surface area contributed by atoms with Crippen LogP contribution in [-0.2, 0) is 19.1 Å². The van der Waals surface area contributed by atoms with Crippen molar-refractivity contribution in [3.8, 4) is 11.1 Å². The van der Waals surface area contributed by atoms with Gasteiger partial charge in [0.15, 0.2) is 6.10 Å². The van der Waals surface area contributed by atoms with Crippen molar-refractivity contribution in [2.24, 2.45) is 0 Å². The standard InChI is InChI=1S/C27H30N2O6/c30-24(31)15-17-7-5-6-13-29(17)26(32)25-23(12-14-34-25)28-27(33)35-16-22-20-10-3-1-8-18(20)19-9-2-4-11-21(19)22/h1-4,8-11,17,22-23,25H,5-7,12-16H2,(H,28,33)(H,30,31)/t17-,23+,25-/m0/s1. The highest BCUT2D eigenvalue weighted by Crippen LogP contribution is 2.44. The molecule has 0 saturated carbocycles. The summed E-state index contributed by atoms with van der Waals surface area (Å²) >= 11 is 0. The number of likely N-dealkylation sites (tertiary alicyclic amines) is 1.